The van der Waals surface area contributed by atoms with Crippen molar-refractivity contribution < 1.29 is 9.59 Å². The molecule has 1 rings (SSSR count). The quantitative estimate of drug-likeness (QED) is 0.544. The van der Waals surface area contributed by atoms with E-state index in [1.165, 1.54) is 19.3 Å². The lowest BCUT2D eigenvalue weighted by atomic mass is 9.80. The van der Waals surface area contributed by atoms with Crippen molar-refractivity contribution in [1.82, 2.24) is 0 Å². The average Bonchev–Trinajstić information content (AvgIpc) is 2.21. The molecule has 4 heteroatoms. The van der Waals surface area contributed by atoms with Crippen molar-refractivity contribution in [2.45, 2.75) is 51.0 Å². The summed E-state index contributed by atoms with van der Waals surface area (Å²) in [7, 11) is 0. The largest absolute Gasteiger partial charge is 0.235 e. The van der Waals surface area contributed by atoms with Gasteiger partial charge in [-0.15, -0.1) is 0 Å². The van der Waals surface area contributed by atoms with Crippen LogP contribution in [0, 0.1) is 5.41 Å². The van der Waals surface area contributed by atoms with E-state index in [4.69, 9.17) is 10.2 Å². The van der Waals surface area contributed by atoms with E-state index in [0.29, 0.717) is 0 Å². The Labute approximate surface area is 83.9 Å². The number of isocyanates is 2. The summed E-state index contributed by atoms with van der Waals surface area (Å²) in [5.41, 5.74) is -0.0278. The van der Waals surface area contributed by atoms with E-state index in [9.17, 15) is 4.79 Å². The van der Waals surface area contributed by atoms with Crippen LogP contribution in [-0.4, -0.2) is 17.7 Å². The van der Waals surface area contributed by atoms with Crippen LogP contribution in [0.2, 0.25) is 0 Å². The summed E-state index contributed by atoms with van der Waals surface area (Å²) in [6, 6.07) is 0. The fourth-order valence-corrected chi connectivity index (χ4v) is 1.85. The molecule has 78 valence electrons. The van der Waals surface area contributed by atoms with Crippen LogP contribution in [0.1, 0.15) is 45.4 Å². The highest BCUT2D eigenvalue weighted by molar-refractivity contribution is 5.35. The van der Waals surface area contributed by atoms with Crippen molar-refractivity contribution in [3.8, 4) is 0 Å². The van der Waals surface area contributed by atoms with Crippen LogP contribution >= 0.6 is 0 Å². The van der Waals surface area contributed by atoms with E-state index >= 15 is 0 Å². The van der Waals surface area contributed by atoms with Crippen molar-refractivity contribution >= 4 is 12.2 Å². The third-order valence-corrected chi connectivity index (χ3v) is 2.73. The summed E-state index contributed by atoms with van der Waals surface area (Å²) in [5, 5.41) is 5.40. The van der Waals surface area contributed by atoms with Crippen molar-refractivity contribution in [3.63, 3.8) is 0 Å². The molecule has 0 aromatic carbocycles. The second-order valence-electron chi connectivity index (χ2n) is 3.44. The third kappa shape index (κ3) is 4.13. The van der Waals surface area contributed by atoms with Crippen molar-refractivity contribution in [3.05, 3.63) is 0 Å². The van der Waals surface area contributed by atoms with E-state index in [0.717, 1.165) is 25.3 Å². The Balaban J connectivity index is 0.000000500. The number of nitrogens with one attached hydrogen (secondary N) is 1. The zero-order valence-corrected chi connectivity index (χ0v) is 8.51. The maximum absolute atomic E-state index is 10.1. The molecule has 0 aromatic heterocycles. The van der Waals surface area contributed by atoms with Gasteiger partial charge in [-0.1, -0.05) is 26.2 Å². The summed E-state index contributed by atoms with van der Waals surface area (Å²) in [5.74, 6) is 0. The summed E-state index contributed by atoms with van der Waals surface area (Å²) in [4.78, 5) is 22.4. The Kier molecular flexibility index (Phi) is 6.55. The number of carbonyl (C=O) groups excluding carboxylic acids is 2. The van der Waals surface area contributed by atoms with Crippen molar-refractivity contribution in [1.29, 1.82) is 5.41 Å². The zero-order valence-electron chi connectivity index (χ0n) is 8.51. The summed E-state index contributed by atoms with van der Waals surface area (Å²) in [6.07, 6.45) is 9.35. The fraction of sp³-hybridized carbons (Fsp3) is 0.800. The van der Waals surface area contributed by atoms with Crippen LogP contribution in [-0.2, 0) is 9.59 Å². The number of nitrogens with zero attached hydrogens (tertiary/aromatic N) is 1. The minimum Gasteiger partial charge on any atom is -0.222 e. The Bertz CT molecular complexity index is 233. The Hall–Kier alpha value is -1.24. The zero-order chi connectivity index (χ0) is 10.9. The van der Waals surface area contributed by atoms with Gasteiger partial charge in [0.1, 0.15) is 0 Å². The first-order chi connectivity index (χ1) is 6.74. The number of rotatable bonds is 2. The van der Waals surface area contributed by atoms with Gasteiger partial charge >= 0.3 is 0 Å². The number of hydrogen-bond donors (Lipinski definition) is 1. The van der Waals surface area contributed by atoms with E-state index in [2.05, 4.69) is 11.9 Å². The van der Waals surface area contributed by atoms with E-state index in [1.807, 2.05) is 0 Å². The molecule has 14 heavy (non-hydrogen) atoms. The van der Waals surface area contributed by atoms with Crippen molar-refractivity contribution in [2.75, 3.05) is 0 Å². The molecule has 1 aliphatic carbocycles. The minimum atomic E-state index is -0.0278. The lowest BCUT2D eigenvalue weighted by molar-refractivity contribution is 0.289. The van der Waals surface area contributed by atoms with Gasteiger partial charge in [-0.2, -0.15) is 4.99 Å². The topological polar surface area (TPSA) is 70.3 Å². The Morgan fingerprint density at radius 1 is 1.29 bits per heavy atom. The molecule has 0 atom stereocenters. The molecule has 0 radical (unpaired) electrons. The maximum Gasteiger partial charge on any atom is 0.235 e. The monoisotopic (exact) mass is 196 g/mol. The van der Waals surface area contributed by atoms with Crippen LogP contribution < -0.4 is 0 Å². The van der Waals surface area contributed by atoms with Gasteiger partial charge in [0.25, 0.3) is 0 Å². The predicted octanol–water partition coefficient (Wildman–Crippen LogP) is 2.34. The van der Waals surface area contributed by atoms with Crippen molar-refractivity contribution in [2.24, 2.45) is 4.99 Å². The molecule has 0 amide bonds. The highest BCUT2D eigenvalue weighted by Gasteiger charge is 2.29. The molecule has 0 saturated heterocycles. The first-order valence-corrected chi connectivity index (χ1v) is 4.87. The molecule has 0 heterocycles. The van der Waals surface area contributed by atoms with Crippen LogP contribution in [0.5, 0.6) is 0 Å². The van der Waals surface area contributed by atoms with Gasteiger partial charge < -0.3 is 0 Å². The first-order valence-electron chi connectivity index (χ1n) is 4.87. The fourth-order valence-electron chi connectivity index (χ4n) is 1.85. The molecule has 1 fully saturated rings. The van der Waals surface area contributed by atoms with Gasteiger partial charge in [0.2, 0.25) is 12.2 Å². The lowest BCUT2D eigenvalue weighted by Gasteiger charge is -2.30. The molecule has 4 nitrogen and oxygen atoms in total. The smallest absolute Gasteiger partial charge is 0.222 e. The van der Waals surface area contributed by atoms with Crippen LogP contribution in [0.15, 0.2) is 4.99 Å². The molecule has 1 N–H and O–H groups in total. The summed E-state index contributed by atoms with van der Waals surface area (Å²) < 4.78 is 0. The van der Waals surface area contributed by atoms with Crippen LogP contribution in [0.4, 0.5) is 0 Å². The molecule has 1 aliphatic rings. The number of hydrogen-bond acceptors (Lipinski definition) is 4. The summed E-state index contributed by atoms with van der Waals surface area (Å²) >= 11 is 0. The van der Waals surface area contributed by atoms with Gasteiger partial charge in [0.05, 0.1) is 5.54 Å². The maximum atomic E-state index is 10.1. The molecule has 0 bridgehead atoms. The second-order valence-corrected chi connectivity index (χ2v) is 3.44. The van der Waals surface area contributed by atoms with E-state index in [1.54, 1.807) is 6.08 Å². The molecule has 0 aliphatic heterocycles. The van der Waals surface area contributed by atoms with Crippen LogP contribution in [0.3, 0.4) is 0 Å². The predicted molar refractivity (Wildman–Crippen MR) is 52.6 cm³/mol. The number of aliphatic imine (C=N–C) groups is 1. The van der Waals surface area contributed by atoms with Crippen LogP contribution in [0.25, 0.3) is 0 Å². The van der Waals surface area contributed by atoms with Gasteiger partial charge in [-0.05, 0) is 19.3 Å². The second kappa shape index (κ2) is 7.19. The third-order valence-electron chi connectivity index (χ3n) is 2.73. The summed E-state index contributed by atoms with van der Waals surface area (Å²) in [6.45, 7) is 2.10. The lowest BCUT2D eigenvalue weighted by Crippen LogP contribution is -2.28. The van der Waals surface area contributed by atoms with Gasteiger partial charge in [-0.3, -0.25) is 0 Å². The SMILES string of the molecule is CCC1(N=C=O)CCCCC1.N=C=O. The highest BCUT2D eigenvalue weighted by Crippen LogP contribution is 2.33. The molecular formula is C10H16N2O2. The Morgan fingerprint density at radius 3 is 2.14 bits per heavy atom. The normalized spacial score (nSPS) is 18.1. The van der Waals surface area contributed by atoms with E-state index < -0.39 is 0 Å². The molecular weight excluding hydrogens is 180 g/mol. The average molecular weight is 196 g/mol. The minimum absolute atomic E-state index is 0.0278. The van der Waals surface area contributed by atoms with Gasteiger partial charge in [0.15, 0.2) is 0 Å². The molecule has 0 aromatic rings. The van der Waals surface area contributed by atoms with E-state index in [-0.39, 0.29) is 5.54 Å². The van der Waals surface area contributed by atoms with Gasteiger partial charge in [0, 0.05) is 0 Å². The molecule has 1 saturated carbocycles. The molecule has 0 spiro atoms. The Morgan fingerprint density at radius 2 is 1.79 bits per heavy atom. The first kappa shape index (κ1) is 12.8. The highest BCUT2D eigenvalue weighted by atomic mass is 16.1. The standard InChI is InChI=1S/C9H15NO.CHNO/c1-2-9(10-8-11)6-4-3-5-7-9;2-1-3/h2-7H2,1H3;2H. The van der Waals surface area contributed by atoms with Gasteiger partial charge in [-0.25, -0.2) is 15.0 Å². The molecule has 0 unspecified atom stereocenters.